The number of halogens is 1. The highest BCUT2D eigenvalue weighted by atomic mass is 19.1. The largest absolute Gasteiger partial charge is 0.490 e. The number of aryl methyl sites for hydroxylation is 1. The standard InChI is InChI=1S/C19H17FN2O2/c1-13-7-3-4-8-14(13)11-22-12-17(24-2)19(23)21-18(22)15-9-5-6-10-16(15)20/h3-10,12H,11H2,1-2H3. The topological polar surface area (TPSA) is 44.1 Å². The summed E-state index contributed by atoms with van der Waals surface area (Å²) in [5.74, 6) is -0.0149. The van der Waals surface area contributed by atoms with Gasteiger partial charge in [-0.1, -0.05) is 36.4 Å². The number of ether oxygens (including phenoxy) is 1. The van der Waals surface area contributed by atoms with Crippen LogP contribution in [0, 0.1) is 12.7 Å². The van der Waals surface area contributed by atoms with Crippen LogP contribution in [0.4, 0.5) is 4.39 Å². The first kappa shape index (κ1) is 15.9. The van der Waals surface area contributed by atoms with E-state index < -0.39 is 11.4 Å². The zero-order chi connectivity index (χ0) is 17.1. The van der Waals surface area contributed by atoms with Crippen molar-refractivity contribution in [2.24, 2.45) is 0 Å². The average molecular weight is 324 g/mol. The lowest BCUT2D eigenvalue weighted by molar-refractivity contribution is 0.402. The van der Waals surface area contributed by atoms with Crippen molar-refractivity contribution in [3.63, 3.8) is 0 Å². The molecule has 0 aliphatic rings. The smallest absolute Gasteiger partial charge is 0.315 e. The van der Waals surface area contributed by atoms with Gasteiger partial charge in [-0.05, 0) is 30.2 Å². The van der Waals surface area contributed by atoms with E-state index in [0.29, 0.717) is 6.54 Å². The first-order valence-corrected chi connectivity index (χ1v) is 7.55. The summed E-state index contributed by atoms with van der Waals surface area (Å²) in [6, 6.07) is 14.2. The highest BCUT2D eigenvalue weighted by molar-refractivity contribution is 5.56. The number of aromatic nitrogens is 2. The van der Waals surface area contributed by atoms with E-state index in [-0.39, 0.29) is 17.1 Å². The van der Waals surface area contributed by atoms with Crippen molar-refractivity contribution < 1.29 is 9.13 Å². The molecule has 0 spiro atoms. The Kier molecular flexibility index (Phi) is 4.42. The van der Waals surface area contributed by atoms with Crippen LogP contribution in [0.2, 0.25) is 0 Å². The monoisotopic (exact) mass is 324 g/mol. The molecule has 0 bridgehead atoms. The summed E-state index contributed by atoms with van der Waals surface area (Å²) >= 11 is 0. The summed E-state index contributed by atoms with van der Waals surface area (Å²) in [4.78, 5) is 16.1. The van der Waals surface area contributed by atoms with Crippen molar-refractivity contribution in [3.8, 4) is 17.1 Å². The Balaban J connectivity index is 2.18. The fourth-order valence-electron chi connectivity index (χ4n) is 2.56. The zero-order valence-corrected chi connectivity index (χ0v) is 13.5. The second-order valence-corrected chi connectivity index (χ2v) is 5.47. The lowest BCUT2D eigenvalue weighted by Gasteiger charge is -2.15. The molecule has 0 N–H and O–H groups in total. The average Bonchev–Trinajstić information content (AvgIpc) is 2.58. The maximum absolute atomic E-state index is 14.2. The Labute approximate surface area is 139 Å². The Bertz CT molecular complexity index is 935. The van der Waals surface area contributed by atoms with Gasteiger partial charge in [-0.2, -0.15) is 4.98 Å². The molecule has 0 radical (unpaired) electrons. The molecule has 5 heteroatoms. The molecule has 0 fully saturated rings. The molecular formula is C19H17FN2O2. The fraction of sp³-hybridized carbons (Fsp3) is 0.158. The fourth-order valence-corrected chi connectivity index (χ4v) is 2.56. The highest BCUT2D eigenvalue weighted by Crippen LogP contribution is 2.22. The highest BCUT2D eigenvalue weighted by Gasteiger charge is 2.14. The van der Waals surface area contributed by atoms with E-state index in [9.17, 15) is 9.18 Å². The maximum Gasteiger partial charge on any atom is 0.315 e. The normalized spacial score (nSPS) is 10.6. The van der Waals surface area contributed by atoms with Gasteiger partial charge in [0, 0.05) is 6.54 Å². The van der Waals surface area contributed by atoms with Crippen molar-refractivity contribution >= 4 is 0 Å². The third-order valence-corrected chi connectivity index (χ3v) is 3.90. The van der Waals surface area contributed by atoms with Gasteiger partial charge < -0.3 is 9.30 Å². The maximum atomic E-state index is 14.2. The molecule has 122 valence electrons. The Morgan fingerprint density at radius 1 is 1.12 bits per heavy atom. The van der Waals surface area contributed by atoms with Crippen LogP contribution < -0.4 is 10.3 Å². The molecule has 1 aromatic heterocycles. The number of hydrogen-bond donors (Lipinski definition) is 0. The van der Waals surface area contributed by atoms with Crippen molar-refractivity contribution in [2.45, 2.75) is 13.5 Å². The van der Waals surface area contributed by atoms with Crippen LogP contribution in [-0.2, 0) is 6.54 Å². The summed E-state index contributed by atoms with van der Waals surface area (Å²) in [6.07, 6.45) is 1.57. The van der Waals surface area contributed by atoms with Crippen LogP contribution >= 0.6 is 0 Å². The second kappa shape index (κ2) is 6.66. The second-order valence-electron chi connectivity index (χ2n) is 5.47. The number of methoxy groups -OCH3 is 1. The van der Waals surface area contributed by atoms with Crippen LogP contribution in [0.25, 0.3) is 11.4 Å². The molecule has 4 nitrogen and oxygen atoms in total. The van der Waals surface area contributed by atoms with Gasteiger partial charge in [0.1, 0.15) is 11.6 Å². The van der Waals surface area contributed by atoms with Gasteiger partial charge in [-0.15, -0.1) is 0 Å². The summed E-state index contributed by atoms with van der Waals surface area (Å²) in [5.41, 5.74) is 1.93. The lowest BCUT2D eigenvalue weighted by Crippen LogP contribution is -2.18. The molecule has 0 unspecified atom stereocenters. The first-order chi connectivity index (χ1) is 11.6. The molecule has 0 aliphatic carbocycles. The minimum Gasteiger partial charge on any atom is -0.490 e. The van der Waals surface area contributed by atoms with Crippen LogP contribution in [0.1, 0.15) is 11.1 Å². The molecule has 0 amide bonds. The van der Waals surface area contributed by atoms with Crippen LogP contribution in [0.3, 0.4) is 0 Å². The van der Waals surface area contributed by atoms with Crippen molar-refractivity contribution in [1.82, 2.24) is 9.55 Å². The molecule has 3 aromatic rings. The third kappa shape index (κ3) is 3.06. The summed E-state index contributed by atoms with van der Waals surface area (Å²) in [5, 5.41) is 0. The van der Waals surface area contributed by atoms with Gasteiger partial charge in [0.05, 0.1) is 18.9 Å². The number of rotatable bonds is 4. The summed E-state index contributed by atoms with van der Waals surface area (Å²) in [6.45, 7) is 2.46. The molecule has 2 aromatic carbocycles. The van der Waals surface area contributed by atoms with E-state index in [2.05, 4.69) is 4.98 Å². The van der Waals surface area contributed by atoms with E-state index in [1.807, 2.05) is 31.2 Å². The van der Waals surface area contributed by atoms with Gasteiger partial charge in [0.15, 0.2) is 0 Å². The molecule has 0 saturated heterocycles. The third-order valence-electron chi connectivity index (χ3n) is 3.90. The Morgan fingerprint density at radius 2 is 1.83 bits per heavy atom. The number of hydrogen-bond acceptors (Lipinski definition) is 3. The molecular weight excluding hydrogens is 307 g/mol. The van der Waals surface area contributed by atoms with E-state index >= 15 is 0 Å². The van der Waals surface area contributed by atoms with Gasteiger partial charge in [0.2, 0.25) is 5.75 Å². The Hall–Kier alpha value is -2.95. The van der Waals surface area contributed by atoms with Gasteiger partial charge in [0.25, 0.3) is 0 Å². The predicted octanol–water partition coefficient (Wildman–Crippen LogP) is 3.41. The Morgan fingerprint density at radius 3 is 2.54 bits per heavy atom. The molecule has 0 atom stereocenters. The molecule has 3 rings (SSSR count). The lowest BCUT2D eigenvalue weighted by atomic mass is 10.1. The SMILES string of the molecule is COc1cn(Cc2ccccc2C)c(-c2ccccc2F)nc1=O. The quantitative estimate of drug-likeness (QED) is 0.739. The summed E-state index contributed by atoms with van der Waals surface area (Å²) in [7, 11) is 1.42. The number of nitrogens with zero attached hydrogens (tertiary/aromatic N) is 2. The van der Waals surface area contributed by atoms with Crippen LogP contribution in [-0.4, -0.2) is 16.7 Å². The van der Waals surface area contributed by atoms with E-state index in [1.165, 1.54) is 13.2 Å². The van der Waals surface area contributed by atoms with Crippen molar-refractivity contribution in [3.05, 3.63) is 82.0 Å². The van der Waals surface area contributed by atoms with E-state index in [1.54, 1.807) is 29.0 Å². The minimum absolute atomic E-state index is 0.128. The molecule has 1 heterocycles. The molecule has 24 heavy (non-hydrogen) atoms. The van der Waals surface area contributed by atoms with Crippen molar-refractivity contribution in [1.29, 1.82) is 0 Å². The zero-order valence-electron chi connectivity index (χ0n) is 13.5. The molecule has 0 aliphatic heterocycles. The number of benzene rings is 2. The van der Waals surface area contributed by atoms with Crippen molar-refractivity contribution in [2.75, 3.05) is 7.11 Å². The van der Waals surface area contributed by atoms with E-state index in [0.717, 1.165) is 11.1 Å². The minimum atomic E-state index is -0.517. The van der Waals surface area contributed by atoms with Crippen LogP contribution in [0.5, 0.6) is 5.75 Å². The predicted molar refractivity (Wildman–Crippen MR) is 90.7 cm³/mol. The van der Waals surface area contributed by atoms with E-state index in [4.69, 9.17) is 4.74 Å². The summed E-state index contributed by atoms with van der Waals surface area (Å²) < 4.78 is 21.0. The van der Waals surface area contributed by atoms with Crippen LogP contribution in [0.15, 0.2) is 59.5 Å². The van der Waals surface area contributed by atoms with Gasteiger partial charge >= 0.3 is 5.56 Å². The first-order valence-electron chi connectivity index (χ1n) is 7.55. The van der Waals surface area contributed by atoms with Gasteiger partial charge in [-0.25, -0.2) is 4.39 Å². The molecule has 0 saturated carbocycles. The van der Waals surface area contributed by atoms with Gasteiger partial charge in [-0.3, -0.25) is 4.79 Å².